The van der Waals surface area contributed by atoms with E-state index in [1.165, 1.54) is 28.8 Å². The van der Waals surface area contributed by atoms with E-state index in [9.17, 15) is 22.8 Å². The number of halogens is 4. The molecule has 1 atom stereocenters. The van der Waals surface area contributed by atoms with E-state index in [1.807, 2.05) is 0 Å². The van der Waals surface area contributed by atoms with E-state index in [0.717, 1.165) is 12.1 Å². The van der Waals surface area contributed by atoms with Crippen molar-refractivity contribution in [2.75, 3.05) is 16.7 Å². The van der Waals surface area contributed by atoms with Crippen LogP contribution in [0.1, 0.15) is 13.8 Å². The molecule has 25 heavy (non-hydrogen) atoms. The second-order valence-electron chi connectivity index (χ2n) is 5.98. The van der Waals surface area contributed by atoms with Crippen LogP contribution < -0.4 is 15.0 Å². The van der Waals surface area contributed by atoms with E-state index in [1.54, 1.807) is 13.8 Å². The Hall–Kier alpha value is -1.61. The molecule has 2 rings (SSSR count). The number of amides is 2. The molecule has 1 aromatic carbocycles. The minimum atomic E-state index is -4.81. The monoisotopic (exact) mass is 396 g/mol. The number of benzene rings is 1. The lowest BCUT2D eigenvalue weighted by atomic mass is 9.95. The molecule has 1 unspecified atom stereocenters. The van der Waals surface area contributed by atoms with Gasteiger partial charge in [-0.25, -0.2) is 0 Å². The fourth-order valence-corrected chi connectivity index (χ4v) is 3.11. The first-order valence-electron chi connectivity index (χ1n) is 7.19. The molecule has 0 bridgehead atoms. The molecule has 1 aromatic rings. The standard InChI is InChI=1S/C15H16ClF3N2O3S/c1-14(2,7-16)13(23)20-11-12(22)21(8-25-11)9-4-3-5-10(6-9)24-15(17,18)19/h3-6,11H,7-8H2,1-2H3,(H,20,23). The third-order valence-electron chi connectivity index (χ3n) is 3.43. The Balaban J connectivity index is 2.09. The number of ether oxygens (including phenoxy) is 1. The van der Waals surface area contributed by atoms with Crippen LogP contribution in [0.15, 0.2) is 24.3 Å². The van der Waals surface area contributed by atoms with E-state index in [0.29, 0.717) is 0 Å². The number of thioether (sulfide) groups is 1. The summed E-state index contributed by atoms with van der Waals surface area (Å²) in [4.78, 5) is 25.9. The summed E-state index contributed by atoms with van der Waals surface area (Å²) in [7, 11) is 0. The van der Waals surface area contributed by atoms with Gasteiger partial charge in [0.2, 0.25) is 5.91 Å². The maximum atomic E-state index is 12.4. The number of nitrogens with zero attached hydrogens (tertiary/aromatic N) is 1. The zero-order chi connectivity index (χ0) is 18.8. The Bertz CT molecular complexity index is 670. The Kier molecular flexibility index (Phi) is 5.78. The molecule has 2 amide bonds. The van der Waals surface area contributed by atoms with Crippen molar-refractivity contribution in [2.24, 2.45) is 5.41 Å². The third-order valence-corrected chi connectivity index (χ3v) is 5.16. The van der Waals surface area contributed by atoms with Gasteiger partial charge in [-0.3, -0.25) is 14.5 Å². The van der Waals surface area contributed by atoms with Crippen LogP contribution in [0.2, 0.25) is 0 Å². The second kappa shape index (κ2) is 7.33. The average molecular weight is 397 g/mol. The highest BCUT2D eigenvalue weighted by Gasteiger charge is 2.38. The molecule has 138 valence electrons. The molecule has 1 saturated heterocycles. The van der Waals surface area contributed by atoms with Crippen LogP contribution in [0.5, 0.6) is 5.75 Å². The Labute approximate surface area is 151 Å². The number of carbonyl (C=O) groups is 2. The van der Waals surface area contributed by atoms with E-state index in [-0.39, 0.29) is 23.4 Å². The summed E-state index contributed by atoms with van der Waals surface area (Å²) in [6.07, 6.45) is -4.81. The first-order chi connectivity index (χ1) is 11.5. The Morgan fingerprint density at radius 3 is 2.72 bits per heavy atom. The van der Waals surface area contributed by atoms with Crippen molar-refractivity contribution in [3.8, 4) is 5.75 Å². The van der Waals surface area contributed by atoms with E-state index >= 15 is 0 Å². The summed E-state index contributed by atoms with van der Waals surface area (Å²) in [5, 5.41) is 1.79. The number of hydrogen-bond donors (Lipinski definition) is 1. The summed E-state index contributed by atoms with van der Waals surface area (Å²) >= 11 is 6.90. The van der Waals surface area contributed by atoms with Gasteiger partial charge in [-0.2, -0.15) is 0 Å². The van der Waals surface area contributed by atoms with Gasteiger partial charge in [0.1, 0.15) is 5.75 Å². The molecular formula is C15H16ClF3N2O3S. The van der Waals surface area contributed by atoms with Gasteiger partial charge in [-0.1, -0.05) is 6.07 Å². The summed E-state index contributed by atoms with van der Waals surface area (Å²) in [5.74, 6) is -0.929. The number of nitrogens with one attached hydrogen (secondary N) is 1. The van der Waals surface area contributed by atoms with Gasteiger partial charge >= 0.3 is 6.36 Å². The zero-order valence-corrected chi connectivity index (χ0v) is 15.0. The van der Waals surface area contributed by atoms with Crippen molar-refractivity contribution in [1.82, 2.24) is 5.32 Å². The van der Waals surface area contributed by atoms with E-state index < -0.39 is 28.8 Å². The highest BCUT2D eigenvalue weighted by molar-refractivity contribution is 8.01. The predicted octanol–water partition coefficient (Wildman–Crippen LogP) is 3.33. The number of alkyl halides is 4. The van der Waals surface area contributed by atoms with E-state index in [4.69, 9.17) is 11.6 Å². The first-order valence-corrected chi connectivity index (χ1v) is 8.77. The number of hydrogen-bond acceptors (Lipinski definition) is 4. The molecule has 1 aliphatic heterocycles. The van der Waals surface area contributed by atoms with Crippen molar-refractivity contribution in [2.45, 2.75) is 25.6 Å². The third kappa shape index (κ3) is 4.94. The molecule has 1 heterocycles. The minimum Gasteiger partial charge on any atom is -0.406 e. The van der Waals surface area contributed by atoms with Gasteiger partial charge in [0.25, 0.3) is 5.91 Å². The normalized spacial score (nSPS) is 18.4. The van der Waals surface area contributed by atoms with Crippen LogP contribution in [0.4, 0.5) is 18.9 Å². The molecule has 1 aliphatic rings. The summed E-state index contributed by atoms with van der Waals surface area (Å²) < 4.78 is 40.8. The van der Waals surface area contributed by atoms with Crippen LogP contribution in [-0.2, 0) is 9.59 Å². The fraction of sp³-hybridized carbons (Fsp3) is 0.467. The van der Waals surface area contributed by atoms with Crippen molar-refractivity contribution in [1.29, 1.82) is 0 Å². The predicted molar refractivity (Wildman–Crippen MR) is 89.5 cm³/mol. The lowest BCUT2D eigenvalue weighted by Gasteiger charge is -2.22. The Morgan fingerprint density at radius 1 is 1.44 bits per heavy atom. The molecule has 5 nitrogen and oxygen atoms in total. The molecule has 0 aliphatic carbocycles. The minimum absolute atomic E-state index is 0.0882. The largest absolute Gasteiger partial charge is 0.573 e. The molecule has 10 heteroatoms. The smallest absolute Gasteiger partial charge is 0.406 e. The molecule has 0 radical (unpaired) electrons. The van der Waals surface area contributed by atoms with Crippen molar-refractivity contribution >= 4 is 40.9 Å². The van der Waals surface area contributed by atoms with Gasteiger partial charge in [0, 0.05) is 17.6 Å². The SMILES string of the molecule is CC(C)(CCl)C(=O)NC1SCN(c2cccc(OC(F)(F)F)c2)C1=O. The summed E-state index contributed by atoms with van der Waals surface area (Å²) in [5.41, 5.74) is -0.580. The quantitative estimate of drug-likeness (QED) is 0.776. The number of anilines is 1. The molecule has 1 N–H and O–H groups in total. The van der Waals surface area contributed by atoms with Crippen LogP contribution in [0, 0.1) is 5.41 Å². The summed E-state index contributed by atoms with van der Waals surface area (Å²) in [6.45, 7) is 3.30. The van der Waals surface area contributed by atoms with Gasteiger partial charge in [-0.05, 0) is 26.0 Å². The van der Waals surface area contributed by atoms with Crippen LogP contribution in [-0.4, -0.2) is 35.3 Å². The number of carbonyl (C=O) groups excluding carboxylic acids is 2. The zero-order valence-electron chi connectivity index (χ0n) is 13.4. The average Bonchev–Trinajstić information content (AvgIpc) is 2.87. The van der Waals surface area contributed by atoms with Crippen molar-refractivity contribution < 1.29 is 27.5 Å². The second-order valence-corrected chi connectivity index (χ2v) is 7.31. The molecule has 0 spiro atoms. The van der Waals surface area contributed by atoms with Crippen molar-refractivity contribution in [3.63, 3.8) is 0 Å². The molecule has 1 fully saturated rings. The van der Waals surface area contributed by atoms with Gasteiger partial charge < -0.3 is 10.1 Å². The first kappa shape index (κ1) is 19.7. The maximum absolute atomic E-state index is 12.4. The maximum Gasteiger partial charge on any atom is 0.573 e. The topological polar surface area (TPSA) is 58.6 Å². The molecule has 0 saturated carbocycles. The lowest BCUT2D eigenvalue weighted by molar-refractivity contribution is -0.274. The van der Waals surface area contributed by atoms with Crippen LogP contribution in [0.25, 0.3) is 0 Å². The van der Waals surface area contributed by atoms with Crippen LogP contribution >= 0.6 is 23.4 Å². The number of rotatable bonds is 5. The van der Waals surface area contributed by atoms with Gasteiger partial charge in [0.15, 0.2) is 5.37 Å². The highest BCUT2D eigenvalue weighted by Crippen LogP contribution is 2.32. The van der Waals surface area contributed by atoms with Gasteiger partial charge in [-0.15, -0.1) is 36.5 Å². The molecular weight excluding hydrogens is 381 g/mol. The van der Waals surface area contributed by atoms with Crippen LogP contribution in [0.3, 0.4) is 0 Å². The fourth-order valence-electron chi connectivity index (χ4n) is 1.95. The Morgan fingerprint density at radius 2 is 2.12 bits per heavy atom. The highest BCUT2D eigenvalue weighted by atomic mass is 35.5. The van der Waals surface area contributed by atoms with Gasteiger partial charge in [0.05, 0.1) is 11.3 Å². The van der Waals surface area contributed by atoms with E-state index in [2.05, 4.69) is 10.1 Å². The van der Waals surface area contributed by atoms with Crippen molar-refractivity contribution in [3.05, 3.63) is 24.3 Å². The lowest BCUT2D eigenvalue weighted by Crippen LogP contribution is -2.46. The summed E-state index contributed by atoms with van der Waals surface area (Å²) in [6, 6.07) is 5.12. The molecule has 0 aromatic heterocycles.